The van der Waals surface area contributed by atoms with Crippen molar-refractivity contribution in [1.82, 2.24) is 9.97 Å². The van der Waals surface area contributed by atoms with Crippen LogP contribution in [0.5, 0.6) is 5.75 Å². The van der Waals surface area contributed by atoms with Gasteiger partial charge in [0.2, 0.25) is 0 Å². The Bertz CT molecular complexity index is 450. The third-order valence-electron chi connectivity index (χ3n) is 1.80. The fraction of sp³-hybridized carbons (Fsp3) is 0.111. The highest BCUT2D eigenvalue weighted by atomic mass is 79.9. The first-order chi connectivity index (χ1) is 6.33. The lowest BCUT2D eigenvalue weighted by Gasteiger charge is -2.04. The molecule has 0 radical (unpaired) electrons. The second kappa shape index (κ2) is 4.57. The lowest BCUT2D eigenvalue weighted by atomic mass is 10.2. The normalized spacial score (nSPS) is 9.57. The van der Waals surface area contributed by atoms with Crippen LogP contribution >= 0.6 is 28.3 Å². The average Bonchev–Trinajstić information content (AvgIpc) is 2.19. The maximum atomic E-state index is 5.15. The van der Waals surface area contributed by atoms with E-state index in [2.05, 4.69) is 25.9 Å². The third kappa shape index (κ3) is 1.81. The summed E-state index contributed by atoms with van der Waals surface area (Å²) >= 11 is 3.43. The van der Waals surface area contributed by atoms with Gasteiger partial charge < -0.3 is 4.74 Å². The number of hydrogen-bond acceptors (Lipinski definition) is 3. The number of aromatic nitrogens is 2. The van der Waals surface area contributed by atoms with Gasteiger partial charge >= 0.3 is 0 Å². The first-order valence-electron chi connectivity index (χ1n) is 3.75. The molecule has 5 heteroatoms. The van der Waals surface area contributed by atoms with Crippen LogP contribution in [0, 0.1) is 0 Å². The maximum Gasteiger partial charge on any atom is 0.135 e. The largest absolute Gasteiger partial charge is 0.495 e. The molecule has 3 nitrogen and oxygen atoms in total. The number of fused-ring (bicyclic) bond motifs is 1. The molecule has 1 heterocycles. The number of benzene rings is 1. The van der Waals surface area contributed by atoms with Gasteiger partial charge in [0, 0.05) is 11.6 Å². The molecule has 1 aromatic carbocycles. The SMILES string of the molecule is COc1ccc2cncnc2c1Br.Cl. The van der Waals surface area contributed by atoms with Crippen molar-refractivity contribution in [2.45, 2.75) is 0 Å². The highest BCUT2D eigenvalue weighted by Crippen LogP contribution is 2.30. The summed E-state index contributed by atoms with van der Waals surface area (Å²) in [5.74, 6) is 0.784. The fourth-order valence-corrected chi connectivity index (χ4v) is 1.78. The Morgan fingerprint density at radius 3 is 2.86 bits per heavy atom. The number of halogens is 2. The summed E-state index contributed by atoms with van der Waals surface area (Å²) in [4.78, 5) is 8.09. The molecule has 0 aliphatic rings. The topological polar surface area (TPSA) is 35.0 Å². The molecule has 0 amide bonds. The van der Waals surface area contributed by atoms with E-state index in [1.54, 1.807) is 13.3 Å². The molecule has 0 atom stereocenters. The first-order valence-corrected chi connectivity index (χ1v) is 4.54. The van der Waals surface area contributed by atoms with Gasteiger partial charge in [-0.3, -0.25) is 0 Å². The summed E-state index contributed by atoms with van der Waals surface area (Å²) in [6.07, 6.45) is 3.29. The van der Waals surface area contributed by atoms with Crippen molar-refractivity contribution in [2.24, 2.45) is 0 Å². The zero-order chi connectivity index (χ0) is 9.26. The van der Waals surface area contributed by atoms with E-state index in [-0.39, 0.29) is 12.4 Å². The summed E-state index contributed by atoms with van der Waals surface area (Å²) in [7, 11) is 1.63. The summed E-state index contributed by atoms with van der Waals surface area (Å²) in [5, 5.41) is 0.996. The number of ether oxygens (including phenoxy) is 1. The van der Waals surface area contributed by atoms with E-state index >= 15 is 0 Å². The molecule has 2 rings (SSSR count). The average molecular weight is 276 g/mol. The number of nitrogens with zero attached hydrogens (tertiary/aromatic N) is 2. The van der Waals surface area contributed by atoms with Crippen LogP contribution in [-0.2, 0) is 0 Å². The molecule has 0 unspecified atom stereocenters. The summed E-state index contributed by atoms with van der Waals surface area (Å²) in [6, 6.07) is 3.81. The van der Waals surface area contributed by atoms with E-state index in [9.17, 15) is 0 Å². The van der Waals surface area contributed by atoms with Gasteiger partial charge in [0.25, 0.3) is 0 Å². The Kier molecular flexibility index (Phi) is 3.66. The fourth-order valence-electron chi connectivity index (χ4n) is 1.16. The van der Waals surface area contributed by atoms with Crippen LogP contribution in [0.4, 0.5) is 0 Å². The van der Waals surface area contributed by atoms with E-state index in [0.717, 1.165) is 21.1 Å². The van der Waals surface area contributed by atoms with Crippen molar-refractivity contribution in [3.05, 3.63) is 29.1 Å². The Morgan fingerprint density at radius 1 is 1.36 bits per heavy atom. The molecule has 14 heavy (non-hydrogen) atoms. The second-order valence-electron chi connectivity index (χ2n) is 2.54. The molecule has 0 aliphatic heterocycles. The Labute approximate surface area is 96.1 Å². The lowest BCUT2D eigenvalue weighted by molar-refractivity contribution is 0.413. The molecule has 0 spiro atoms. The highest BCUT2D eigenvalue weighted by Gasteiger charge is 2.05. The number of hydrogen-bond donors (Lipinski definition) is 0. The van der Waals surface area contributed by atoms with Crippen LogP contribution in [0.15, 0.2) is 29.1 Å². The first kappa shape index (κ1) is 11.2. The number of methoxy groups -OCH3 is 1. The van der Waals surface area contributed by atoms with Gasteiger partial charge in [0.05, 0.1) is 17.1 Å². The molecule has 0 saturated heterocycles. The molecule has 2 aromatic rings. The molecule has 74 valence electrons. The minimum atomic E-state index is 0. The van der Waals surface area contributed by atoms with E-state index < -0.39 is 0 Å². The molecule has 0 bridgehead atoms. The number of rotatable bonds is 1. The van der Waals surface area contributed by atoms with E-state index in [1.807, 2.05) is 12.1 Å². The van der Waals surface area contributed by atoms with Gasteiger partial charge in [-0.15, -0.1) is 12.4 Å². The van der Waals surface area contributed by atoms with Crippen LogP contribution in [-0.4, -0.2) is 17.1 Å². The van der Waals surface area contributed by atoms with Crippen LogP contribution in [0.25, 0.3) is 10.9 Å². The van der Waals surface area contributed by atoms with Gasteiger partial charge in [0.1, 0.15) is 12.1 Å². The monoisotopic (exact) mass is 274 g/mol. The quantitative estimate of drug-likeness (QED) is 0.803. The minimum Gasteiger partial charge on any atom is -0.495 e. The van der Waals surface area contributed by atoms with Gasteiger partial charge in [-0.1, -0.05) is 0 Å². The van der Waals surface area contributed by atoms with Crippen molar-refractivity contribution in [3.8, 4) is 5.75 Å². The van der Waals surface area contributed by atoms with Crippen molar-refractivity contribution >= 4 is 39.2 Å². The maximum absolute atomic E-state index is 5.15. The van der Waals surface area contributed by atoms with Gasteiger partial charge in [-0.05, 0) is 28.1 Å². The Hall–Kier alpha value is -0.870. The van der Waals surface area contributed by atoms with Gasteiger partial charge in [0.15, 0.2) is 0 Å². The van der Waals surface area contributed by atoms with Gasteiger partial charge in [-0.2, -0.15) is 0 Å². The zero-order valence-electron chi connectivity index (χ0n) is 7.40. The standard InChI is InChI=1S/C9H7BrN2O.ClH/c1-13-7-3-2-6-4-11-5-12-9(6)8(7)10;/h2-5H,1H3;1H. The summed E-state index contributed by atoms with van der Waals surface area (Å²) in [5.41, 5.74) is 0.870. The van der Waals surface area contributed by atoms with Crippen molar-refractivity contribution in [2.75, 3.05) is 7.11 Å². The van der Waals surface area contributed by atoms with Crippen molar-refractivity contribution in [1.29, 1.82) is 0 Å². The van der Waals surface area contributed by atoms with Crippen LogP contribution in [0.3, 0.4) is 0 Å². The second-order valence-corrected chi connectivity index (χ2v) is 3.34. The summed E-state index contributed by atoms with van der Waals surface area (Å²) in [6.45, 7) is 0. The third-order valence-corrected chi connectivity index (χ3v) is 2.57. The van der Waals surface area contributed by atoms with E-state index in [0.29, 0.717) is 0 Å². The van der Waals surface area contributed by atoms with E-state index in [4.69, 9.17) is 4.74 Å². The predicted octanol–water partition coefficient (Wildman–Crippen LogP) is 2.82. The lowest BCUT2D eigenvalue weighted by Crippen LogP contribution is -1.87. The molecule has 0 saturated carbocycles. The van der Waals surface area contributed by atoms with Crippen molar-refractivity contribution in [3.63, 3.8) is 0 Å². The summed E-state index contributed by atoms with van der Waals surface area (Å²) < 4.78 is 6.02. The van der Waals surface area contributed by atoms with Crippen LogP contribution in [0.2, 0.25) is 0 Å². The Balaban J connectivity index is 0.000000980. The van der Waals surface area contributed by atoms with Crippen LogP contribution < -0.4 is 4.74 Å². The molecule has 1 aromatic heterocycles. The van der Waals surface area contributed by atoms with Gasteiger partial charge in [-0.25, -0.2) is 9.97 Å². The molecule has 0 fully saturated rings. The highest BCUT2D eigenvalue weighted by molar-refractivity contribution is 9.10. The van der Waals surface area contributed by atoms with Crippen molar-refractivity contribution < 1.29 is 4.74 Å². The zero-order valence-corrected chi connectivity index (χ0v) is 9.80. The van der Waals surface area contributed by atoms with Crippen LogP contribution in [0.1, 0.15) is 0 Å². The molecule has 0 aliphatic carbocycles. The van der Waals surface area contributed by atoms with E-state index in [1.165, 1.54) is 6.33 Å². The molecular weight excluding hydrogens is 267 g/mol. The smallest absolute Gasteiger partial charge is 0.135 e. The Morgan fingerprint density at radius 2 is 2.14 bits per heavy atom. The minimum absolute atomic E-state index is 0. The predicted molar refractivity (Wildman–Crippen MR) is 61.0 cm³/mol. The molecular formula is C9H8BrClN2O. The molecule has 0 N–H and O–H groups in total.